The molecule has 142 valence electrons. The predicted molar refractivity (Wildman–Crippen MR) is 112 cm³/mol. The number of ether oxygens (including phenoxy) is 1. The van der Waals surface area contributed by atoms with E-state index in [9.17, 15) is 0 Å². The van der Waals surface area contributed by atoms with Crippen molar-refractivity contribution in [1.82, 2.24) is 14.8 Å². The van der Waals surface area contributed by atoms with E-state index in [1.165, 1.54) is 11.1 Å². The van der Waals surface area contributed by atoms with Crippen LogP contribution in [0.1, 0.15) is 42.5 Å². The highest BCUT2D eigenvalue weighted by molar-refractivity contribution is 7.98. The number of aryl methyl sites for hydroxylation is 1. The van der Waals surface area contributed by atoms with Crippen molar-refractivity contribution in [2.75, 3.05) is 0 Å². The van der Waals surface area contributed by atoms with E-state index in [-0.39, 0.29) is 6.10 Å². The van der Waals surface area contributed by atoms with Crippen molar-refractivity contribution < 1.29 is 4.74 Å². The predicted octanol–water partition coefficient (Wildman–Crippen LogP) is 6.00. The van der Waals surface area contributed by atoms with Crippen LogP contribution in [-0.4, -0.2) is 14.8 Å². The van der Waals surface area contributed by atoms with Gasteiger partial charge in [-0.15, -0.1) is 10.2 Å². The average molecular weight is 402 g/mol. The molecule has 0 aliphatic heterocycles. The van der Waals surface area contributed by atoms with Gasteiger partial charge < -0.3 is 9.30 Å². The number of hydrogen-bond donors (Lipinski definition) is 0. The summed E-state index contributed by atoms with van der Waals surface area (Å²) in [4.78, 5) is 0. The first kappa shape index (κ1) is 19.8. The molecule has 4 nitrogen and oxygen atoms in total. The van der Waals surface area contributed by atoms with Gasteiger partial charge in [0.25, 0.3) is 0 Å². The fraction of sp³-hybridized carbons (Fsp3) is 0.333. The summed E-state index contributed by atoms with van der Waals surface area (Å²) < 4.78 is 8.31. The zero-order valence-corrected chi connectivity index (χ0v) is 17.6. The lowest BCUT2D eigenvalue weighted by atomic mass is 10.1. The number of benzene rings is 2. The van der Waals surface area contributed by atoms with E-state index in [1.807, 2.05) is 37.3 Å². The van der Waals surface area contributed by atoms with Gasteiger partial charge in [-0.25, -0.2) is 0 Å². The summed E-state index contributed by atoms with van der Waals surface area (Å²) >= 11 is 7.73. The Labute approximate surface area is 169 Å². The summed E-state index contributed by atoms with van der Waals surface area (Å²) in [6.45, 7) is 9.07. The second-order valence-electron chi connectivity index (χ2n) is 6.46. The Morgan fingerprint density at radius 1 is 1.15 bits per heavy atom. The van der Waals surface area contributed by atoms with Gasteiger partial charge in [-0.2, -0.15) is 0 Å². The van der Waals surface area contributed by atoms with Gasteiger partial charge in [0.15, 0.2) is 17.1 Å². The fourth-order valence-electron chi connectivity index (χ4n) is 2.87. The van der Waals surface area contributed by atoms with Gasteiger partial charge in [0.1, 0.15) is 5.75 Å². The van der Waals surface area contributed by atoms with Gasteiger partial charge in [0.2, 0.25) is 0 Å². The van der Waals surface area contributed by atoms with E-state index in [2.05, 4.69) is 47.7 Å². The Morgan fingerprint density at radius 3 is 2.67 bits per heavy atom. The van der Waals surface area contributed by atoms with Crippen LogP contribution >= 0.6 is 23.4 Å². The van der Waals surface area contributed by atoms with Gasteiger partial charge in [-0.05, 0) is 62.6 Å². The van der Waals surface area contributed by atoms with Crippen molar-refractivity contribution in [3.63, 3.8) is 0 Å². The highest BCUT2D eigenvalue weighted by Gasteiger charge is 2.19. The monoisotopic (exact) mass is 401 g/mol. The lowest BCUT2D eigenvalue weighted by Crippen LogP contribution is -2.12. The third-order valence-corrected chi connectivity index (χ3v) is 5.81. The van der Waals surface area contributed by atoms with Crippen LogP contribution in [-0.2, 0) is 12.3 Å². The van der Waals surface area contributed by atoms with E-state index in [0.717, 1.165) is 39.6 Å². The van der Waals surface area contributed by atoms with E-state index in [1.54, 1.807) is 11.8 Å². The first-order chi connectivity index (χ1) is 13.0. The second-order valence-corrected chi connectivity index (χ2v) is 7.84. The van der Waals surface area contributed by atoms with Crippen LogP contribution in [0.2, 0.25) is 5.02 Å². The van der Waals surface area contributed by atoms with Gasteiger partial charge >= 0.3 is 0 Å². The molecule has 0 saturated heterocycles. The molecule has 0 bridgehead atoms. The highest BCUT2D eigenvalue weighted by Crippen LogP contribution is 2.29. The summed E-state index contributed by atoms with van der Waals surface area (Å²) in [6.07, 6.45) is -0.182. The maximum atomic E-state index is 6.20. The quantitative estimate of drug-likeness (QED) is 0.455. The summed E-state index contributed by atoms with van der Waals surface area (Å²) in [6, 6.07) is 14.0. The zero-order chi connectivity index (χ0) is 19.4. The van der Waals surface area contributed by atoms with Crippen LogP contribution in [0, 0.1) is 13.8 Å². The summed E-state index contributed by atoms with van der Waals surface area (Å²) in [5.74, 6) is 2.53. The van der Waals surface area contributed by atoms with Gasteiger partial charge in [-0.3, -0.25) is 0 Å². The minimum absolute atomic E-state index is 0.182. The average Bonchev–Trinajstić information content (AvgIpc) is 3.07. The molecule has 3 rings (SSSR count). The molecule has 0 aliphatic carbocycles. The number of aromatic nitrogens is 3. The van der Waals surface area contributed by atoms with Gasteiger partial charge in [0.05, 0.1) is 0 Å². The molecule has 0 fully saturated rings. The molecular weight excluding hydrogens is 378 g/mol. The normalized spacial score (nSPS) is 12.2. The number of thioether (sulfide) groups is 1. The van der Waals surface area contributed by atoms with Crippen LogP contribution in [0.15, 0.2) is 47.6 Å². The molecule has 0 saturated carbocycles. The number of rotatable bonds is 7. The molecule has 6 heteroatoms. The summed E-state index contributed by atoms with van der Waals surface area (Å²) in [5.41, 5.74) is 3.54. The first-order valence-corrected chi connectivity index (χ1v) is 10.4. The van der Waals surface area contributed by atoms with Crippen molar-refractivity contribution in [2.45, 2.75) is 51.3 Å². The van der Waals surface area contributed by atoms with E-state index >= 15 is 0 Å². The van der Waals surface area contributed by atoms with Crippen LogP contribution < -0.4 is 4.74 Å². The highest BCUT2D eigenvalue weighted by atomic mass is 35.5. The van der Waals surface area contributed by atoms with Gasteiger partial charge in [-0.1, -0.05) is 47.6 Å². The molecule has 0 aliphatic rings. The molecule has 0 amide bonds. The third kappa shape index (κ3) is 4.66. The maximum Gasteiger partial charge on any atom is 0.191 e. The minimum atomic E-state index is -0.182. The Bertz CT molecular complexity index is 926. The Kier molecular flexibility index (Phi) is 6.45. The standard InChI is InChI=1S/C21H24ClN3OS/c1-5-25-20(16(4)26-19-11-6-8-14(2)15(19)3)23-24-21(25)27-13-17-9-7-10-18(22)12-17/h6-12,16H,5,13H2,1-4H3. The van der Waals surface area contributed by atoms with Gasteiger partial charge in [0, 0.05) is 17.3 Å². The van der Waals surface area contributed by atoms with Crippen LogP contribution in [0.4, 0.5) is 0 Å². The van der Waals surface area contributed by atoms with Crippen molar-refractivity contribution in [2.24, 2.45) is 0 Å². The number of halogens is 1. The zero-order valence-electron chi connectivity index (χ0n) is 16.1. The second kappa shape index (κ2) is 8.81. The Hall–Kier alpha value is -1.98. The summed E-state index contributed by atoms with van der Waals surface area (Å²) in [5, 5.41) is 10.4. The molecule has 1 unspecified atom stereocenters. The molecule has 3 aromatic rings. The SMILES string of the molecule is CCn1c(SCc2cccc(Cl)c2)nnc1C(C)Oc1cccc(C)c1C. The summed E-state index contributed by atoms with van der Waals surface area (Å²) in [7, 11) is 0. The molecular formula is C21H24ClN3OS. The molecule has 2 aromatic carbocycles. The Morgan fingerprint density at radius 2 is 1.93 bits per heavy atom. The van der Waals surface area contributed by atoms with E-state index in [4.69, 9.17) is 16.3 Å². The molecule has 27 heavy (non-hydrogen) atoms. The van der Waals surface area contributed by atoms with Crippen molar-refractivity contribution in [3.8, 4) is 5.75 Å². The number of hydrogen-bond acceptors (Lipinski definition) is 4. The van der Waals surface area contributed by atoms with E-state index < -0.39 is 0 Å². The maximum absolute atomic E-state index is 6.20. The van der Waals surface area contributed by atoms with Crippen LogP contribution in [0.25, 0.3) is 0 Å². The minimum Gasteiger partial charge on any atom is -0.482 e. The first-order valence-electron chi connectivity index (χ1n) is 9.02. The topological polar surface area (TPSA) is 39.9 Å². The molecule has 1 aromatic heterocycles. The fourth-order valence-corrected chi connectivity index (χ4v) is 4.04. The smallest absolute Gasteiger partial charge is 0.191 e. The molecule has 0 radical (unpaired) electrons. The lowest BCUT2D eigenvalue weighted by molar-refractivity contribution is 0.208. The van der Waals surface area contributed by atoms with Crippen LogP contribution in [0.5, 0.6) is 5.75 Å². The molecule has 0 N–H and O–H groups in total. The largest absolute Gasteiger partial charge is 0.482 e. The van der Waals surface area contributed by atoms with Crippen molar-refractivity contribution in [3.05, 3.63) is 70.0 Å². The van der Waals surface area contributed by atoms with Crippen LogP contribution in [0.3, 0.4) is 0 Å². The lowest BCUT2D eigenvalue weighted by Gasteiger charge is -2.17. The van der Waals surface area contributed by atoms with E-state index in [0.29, 0.717) is 0 Å². The number of nitrogens with zero attached hydrogens (tertiary/aromatic N) is 3. The Balaban J connectivity index is 1.75. The molecule has 1 atom stereocenters. The molecule has 0 spiro atoms. The third-order valence-electron chi connectivity index (χ3n) is 4.54. The van der Waals surface area contributed by atoms with Crippen molar-refractivity contribution in [1.29, 1.82) is 0 Å². The molecule has 1 heterocycles. The van der Waals surface area contributed by atoms with Crippen molar-refractivity contribution >= 4 is 23.4 Å².